The van der Waals surface area contributed by atoms with Crippen molar-refractivity contribution in [3.8, 4) is 11.4 Å². The highest BCUT2D eigenvalue weighted by atomic mass is 15.1. The second kappa shape index (κ2) is 7.01. The molecule has 0 aliphatic heterocycles. The maximum absolute atomic E-state index is 5.76. The zero-order valence-corrected chi connectivity index (χ0v) is 16.2. The van der Waals surface area contributed by atoms with Crippen LogP contribution in [-0.2, 0) is 13.1 Å². The highest BCUT2D eigenvalue weighted by Gasteiger charge is 2.15. The van der Waals surface area contributed by atoms with Crippen LogP contribution in [-0.4, -0.2) is 9.55 Å². The number of rotatable bonds is 4. The fraction of sp³-hybridized carbons (Fsp3) is 0.208. The van der Waals surface area contributed by atoms with E-state index in [-0.39, 0.29) is 0 Å². The van der Waals surface area contributed by atoms with Crippen molar-refractivity contribution in [3.63, 3.8) is 0 Å². The molecule has 1 aromatic heterocycles. The van der Waals surface area contributed by atoms with Gasteiger partial charge in [-0.25, -0.2) is 4.98 Å². The fourth-order valence-corrected chi connectivity index (χ4v) is 3.51. The first kappa shape index (κ1) is 17.5. The first-order valence-electron chi connectivity index (χ1n) is 9.38. The predicted octanol–water partition coefficient (Wildman–Crippen LogP) is 5.14. The van der Waals surface area contributed by atoms with Gasteiger partial charge in [-0.15, -0.1) is 0 Å². The van der Waals surface area contributed by atoms with Crippen molar-refractivity contribution in [2.75, 3.05) is 0 Å². The highest BCUT2D eigenvalue weighted by molar-refractivity contribution is 5.82. The van der Waals surface area contributed by atoms with E-state index in [4.69, 9.17) is 10.7 Å². The lowest BCUT2D eigenvalue weighted by atomic mass is 10.1. The Bertz CT molecular complexity index is 1100. The molecule has 0 aliphatic rings. The molecular weight excluding hydrogens is 330 g/mol. The van der Waals surface area contributed by atoms with Crippen LogP contribution in [0.15, 0.2) is 60.7 Å². The lowest BCUT2D eigenvalue weighted by Gasteiger charge is -2.12. The van der Waals surface area contributed by atoms with Crippen LogP contribution in [0.25, 0.3) is 22.4 Å². The van der Waals surface area contributed by atoms with Gasteiger partial charge in [-0.2, -0.15) is 0 Å². The van der Waals surface area contributed by atoms with E-state index in [1.807, 2.05) is 0 Å². The summed E-state index contributed by atoms with van der Waals surface area (Å²) in [5, 5.41) is 0. The normalized spacial score (nSPS) is 11.3. The number of benzene rings is 3. The zero-order valence-electron chi connectivity index (χ0n) is 16.2. The third kappa shape index (κ3) is 3.26. The first-order chi connectivity index (χ1) is 13.1. The van der Waals surface area contributed by atoms with Crippen LogP contribution in [0, 0.1) is 20.8 Å². The molecule has 3 heteroatoms. The highest BCUT2D eigenvalue weighted by Crippen LogP contribution is 2.28. The molecule has 4 rings (SSSR count). The largest absolute Gasteiger partial charge is 0.326 e. The summed E-state index contributed by atoms with van der Waals surface area (Å²) in [5.41, 5.74) is 15.4. The number of fused-ring (bicyclic) bond motifs is 1. The minimum Gasteiger partial charge on any atom is -0.326 e. The first-order valence-corrected chi connectivity index (χ1v) is 9.38. The van der Waals surface area contributed by atoms with Gasteiger partial charge in [0.05, 0.1) is 11.0 Å². The Hall–Kier alpha value is -2.91. The van der Waals surface area contributed by atoms with E-state index in [0.29, 0.717) is 6.54 Å². The number of nitrogens with zero attached hydrogens (tertiary/aromatic N) is 2. The van der Waals surface area contributed by atoms with E-state index in [0.717, 1.165) is 29.0 Å². The van der Waals surface area contributed by atoms with Gasteiger partial charge >= 0.3 is 0 Å². The third-order valence-corrected chi connectivity index (χ3v) is 5.40. The van der Waals surface area contributed by atoms with Crippen molar-refractivity contribution < 1.29 is 0 Å². The quantitative estimate of drug-likeness (QED) is 0.551. The summed E-state index contributed by atoms with van der Waals surface area (Å²) >= 11 is 0. The Labute approximate surface area is 160 Å². The van der Waals surface area contributed by atoms with Crippen LogP contribution in [0.1, 0.15) is 27.8 Å². The van der Waals surface area contributed by atoms with Crippen molar-refractivity contribution in [2.45, 2.75) is 33.9 Å². The monoisotopic (exact) mass is 355 g/mol. The van der Waals surface area contributed by atoms with Crippen LogP contribution >= 0.6 is 0 Å². The molecule has 136 valence electrons. The standard InChI is InChI=1S/C24H25N3/c1-16-6-4-5-7-21(16)15-27-23-13-18(3)17(2)12-22(23)26-24(27)20-10-8-19(14-25)9-11-20/h4-13H,14-15,25H2,1-3H3. The van der Waals surface area contributed by atoms with Crippen molar-refractivity contribution >= 4 is 11.0 Å². The molecule has 0 amide bonds. The van der Waals surface area contributed by atoms with Gasteiger partial charge in [0.25, 0.3) is 0 Å². The van der Waals surface area contributed by atoms with Gasteiger partial charge in [-0.05, 0) is 60.7 Å². The summed E-state index contributed by atoms with van der Waals surface area (Å²) < 4.78 is 2.33. The van der Waals surface area contributed by atoms with Gasteiger partial charge in [0.1, 0.15) is 5.82 Å². The van der Waals surface area contributed by atoms with E-state index in [1.54, 1.807) is 0 Å². The van der Waals surface area contributed by atoms with Crippen molar-refractivity contribution in [1.29, 1.82) is 0 Å². The average molecular weight is 355 g/mol. The molecule has 0 unspecified atom stereocenters. The minimum absolute atomic E-state index is 0.554. The van der Waals surface area contributed by atoms with Gasteiger partial charge in [0.2, 0.25) is 0 Å². The van der Waals surface area contributed by atoms with E-state index < -0.39 is 0 Å². The topological polar surface area (TPSA) is 43.8 Å². The van der Waals surface area contributed by atoms with E-state index in [1.165, 1.54) is 27.8 Å². The van der Waals surface area contributed by atoms with Crippen LogP contribution in [0.2, 0.25) is 0 Å². The Morgan fingerprint density at radius 2 is 1.56 bits per heavy atom. The molecule has 1 heterocycles. The van der Waals surface area contributed by atoms with Gasteiger partial charge < -0.3 is 10.3 Å². The number of imidazole rings is 1. The number of hydrogen-bond acceptors (Lipinski definition) is 2. The Balaban J connectivity index is 1.92. The molecule has 2 N–H and O–H groups in total. The summed E-state index contributed by atoms with van der Waals surface area (Å²) in [6.07, 6.45) is 0. The van der Waals surface area contributed by atoms with Crippen LogP contribution < -0.4 is 5.73 Å². The third-order valence-electron chi connectivity index (χ3n) is 5.40. The molecule has 3 aromatic carbocycles. The van der Waals surface area contributed by atoms with Gasteiger partial charge in [0, 0.05) is 18.7 Å². The Morgan fingerprint density at radius 1 is 0.852 bits per heavy atom. The zero-order chi connectivity index (χ0) is 19.0. The Kier molecular flexibility index (Phi) is 4.54. The fourth-order valence-electron chi connectivity index (χ4n) is 3.51. The van der Waals surface area contributed by atoms with Gasteiger partial charge in [-0.3, -0.25) is 0 Å². The average Bonchev–Trinajstić information content (AvgIpc) is 3.01. The smallest absolute Gasteiger partial charge is 0.141 e. The molecule has 0 atom stereocenters. The molecular formula is C24H25N3. The van der Waals surface area contributed by atoms with E-state index >= 15 is 0 Å². The van der Waals surface area contributed by atoms with Crippen molar-refractivity contribution in [3.05, 3.63) is 88.5 Å². The molecule has 0 bridgehead atoms. The minimum atomic E-state index is 0.554. The van der Waals surface area contributed by atoms with Gasteiger partial charge in [-0.1, -0.05) is 48.5 Å². The second-order valence-electron chi connectivity index (χ2n) is 7.27. The van der Waals surface area contributed by atoms with Crippen molar-refractivity contribution in [1.82, 2.24) is 9.55 Å². The summed E-state index contributed by atoms with van der Waals surface area (Å²) in [6.45, 7) is 7.83. The van der Waals surface area contributed by atoms with Crippen molar-refractivity contribution in [2.24, 2.45) is 5.73 Å². The maximum atomic E-state index is 5.76. The summed E-state index contributed by atoms with van der Waals surface area (Å²) in [7, 11) is 0. The molecule has 4 aromatic rings. The maximum Gasteiger partial charge on any atom is 0.141 e. The molecule has 27 heavy (non-hydrogen) atoms. The summed E-state index contributed by atoms with van der Waals surface area (Å²) in [5.74, 6) is 1.00. The number of aromatic nitrogens is 2. The number of nitrogens with two attached hydrogens (primary N) is 1. The number of hydrogen-bond donors (Lipinski definition) is 1. The SMILES string of the molecule is Cc1cc2nc(-c3ccc(CN)cc3)n(Cc3ccccc3C)c2cc1C. The van der Waals surface area contributed by atoms with Crippen LogP contribution in [0.4, 0.5) is 0 Å². The summed E-state index contributed by atoms with van der Waals surface area (Å²) in [4.78, 5) is 5.00. The van der Waals surface area contributed by atoms with E-state index in [2.05, 4.69) is 86.0 Å². The number of aryl methyl sites for hydroxylation is 3. The molecule has 3 nitrogen and oxygen atoms in total. The lowest BCUT2D eigenvalue weighted by molar-refractivity contribution is 0.828. The second-order valence-corrected chi connectivity index (χ2v) is 7.27. The molecule has 0 aliphatic carbocycles. The predicted molar refractivity (Wildman–Crippen MR) is 113 cm³/mol. The van der Waals surface area contributed by atoms with Gasteiger partial charge in [0.15, 0.2) is 0 Å². The Morgan fingerprint density at radius 3 is 2.26 bits per heavy atom. The molecule has 0 radical (unpaired) electrons. The lowest BCUT2D eigenvalue weighted by Crippen LogP contribution is -2.04. The molecule has 0 saturated carbocycles. The molecule has 0 saturated heterocycles. The van der Waals surface area contributed by atoms with Crippen LogP contribution in [0.3, 0.4) is 0 Å². The molecule has 0 spiro atoms. The summed E-state index contributed by atoms with van der Waals surface area (Å²) in [6, 6.07) is 21.4. The van der Waals surface area contributed by atoms with Crippen LogP contribution in [0.5, 0.6) is 0 Å². The van der Waals surface area contributed by atoms with E-state index in [9.17, 15) is 0 Å². The molecule has 0 fully saturated rings.